The first-order valence-corrected chi connectivity index (χ1v) is 6.63. The minimum atomic E-state index is -0.436. The van der Waals surface area contributed by atoms with Crippen LogP contribution in [0.3, 0.4) is 0 Å². The molecule has 2 nitrogen and oxygen atoms in total. The summed E-state index contributed by atoms with van der Waals surface area (Å²) in [5, 5.41) is 0.0888. The first-order valence-electron chi connectivity index (χ1n) is 5.84. The van der Waals surface area contributed by atoms with Crippen LogP contribution in [0, 0.1) is 10.5 Å². The molecule has 0 spiro atoms. The van der Waals surface area contributed by atoms with E-state index in [1.807, 2.05) is 20.8 Å². The predicted molar refractivity (Wildman–Crippen MR) is 78.5 cm³/mol. The summed E-state index contributed by atoms with van der Waals surface area (Å²) >= 11 is 11.0. The molecule has 0 unspecified atom stereocenters. The highest BCUT2D eigenvalue weighted by Gasteiger charge is 2.17. The Morgan fingerprint density at radius 3 is 2.53 bits per heavy atom. The van der Waals surface area contributed by atoms with Crippen LogP contribution in [0.15, 0.2) is 24.3 Å². The summed E-state index contributed by atoms with van der Waals surface area (Å²) in [6, 6.07) is 6.32. The number of benzene rings is 1. The molecular weight excluding hydrogens is 283 g/mol. The lowest BCUT2D eigenvalue weighted by molar-refractivity contribution is 0.545. The number of nitrogens with one attached hydrogen (secondary N) is 1. The fourth-order valence-electron chi connectivity index (χ4n) is 1.63. The second-order valence-electron chi connectivity index (χ2n) is 5.36. The van der Waals surface area contributed by atoms with E-state index in [9.17, 15) is 4.39 Å². The molecule has 0 saturated carbocycles. The topological polar surface area (TPSA) is 28.7 Å². The molecule has 1 aromatic heterocycles. The average molecular weight is 297 g/mol. The van der Waals surface area contributed by atoms with Gasteiger partial charge in [0.25, 0.3) is 0 Å². The zero-order valence-corrected chi connectivity index (χ0v) is 12.5. The molecule has 0 aliphatic carbocycles. The SMILES string of the molecule is CC(C)(C)c1nc(=S)cc(-c2ccc(F)c(Cl)c2)[nH]1. The van der Waals surface area contributed by atoms with Crippen molar-refractivity contribution >= 4 is 23.8 Å². The molecule has 19 heavy (non-hydrogen) atoms. The van der Waals surface area contributed by atoms with Crippen molar-refractivity contribution in [3.05, 3.63) is 45.6 Å². The van der Waals surface area contributed by atoms with Gasteiger partial charge in [0.2, 0.25) is 0 Å². The molecular formula is C14H14ClFN2S. The Balaban J connectivity index is 2.59. The van der Waals surface area contributed by atoms with Crippen LogP contribution in [0.2, 0.25) is 5.02 Å². The largest absolute Gasteiger partial charge is 0.343 e. The average Bonchev–Trinajstić information content (AvgIpc) is 2.31. The third-order valence-electron chi connectivity index (χ3n) is 2.68. The lowest BCUT2D eigenvalue weighted by Gasteiger charge is -2.18. The van der Waals surface area contributed by atoms with Gasteiger partial charge < -0.3 is 4.98 Å². The summed E-state index contributed by atoms with van der Waals surface area (Å²) in [7, 11) is 0. The summed E-state index contributed by atoms with van der Waals surface area (Å²) in [5.41, 5.74) is 1.42. The molecule has 2 aromatic rings. The molecule has 0 radical (unpaired) electrons. The normalized spacial score (nSPS) is 11.6. The summed E-state index contributed by atoms with van der Waals surface area (Å²) in [6.07, 6.45) is 0. The van der Waals surface area contributed by atoms with Crippen LogP contribution < -0.4 is 0 Å². The minimum Gasteiger partial charge on any atom is -0.343 e. The van der Waals surface area contributed by atoms with E-state index in [-0.39, 0.29) is 10.4 Å². The molecule has 0 atom stereocenters. The van der Waals surface area contributed by atoms with Crippen LogP contribution in [-0.4, -0.2) is 9.97 Å². The Bertz CT molecular complexity index is 674. The number of hydrogen-bond acceptors (Lipinski definition) is 2. The van der Waals surface area contributed by atoms with E-state index in [0.717, 1.165) is 17.1 Å². The van der Waals surface area contributed by atoms with Gasteiger partial charge in [-0.2, -0.15) is 0 Å². The first-order chi connectivity index (χ1) is 8.77. The van der Waals surface area contributed by atoms with Gasteiger partial charge in [-0.1, -0.05) is 44.6 Å². The van der Waals surface area contributed by atoms with E-state index in [2.05, 4.69) is 9.97 Å². The van der Waals surface area contributed by atoms with E-state index < -0.39 is 5.82 Å². The van der Waals surface area contributed by atoms with Crippen LogP contribution in [0.25, 0.3) is 11.3 Å². The molecule has 0 aliphatic heterocycles. The quantitative estimate of drug-likeness (QED) is 0.759. The Labute approximate surface area is 121 Å². The highest BCUT2D eigenvalue weighted by atomic mass is 35.5. The summed E-state index contributed by atoms with van der Waals surface area (Å²) in [4.78, 5) is 7.55. The molecule has 0 fully saturated rings. The molecule has 0 saturated heterocycles. The summed E-state index contributed by atoms with van der Waals surface area (Å²) in [6.45, 7) is 6.13. The summed E-state index contributed by atoms with van der Waals surface area (Å²) in [5.74, 6) is 0.351. The Morgan fingerprint density at radius 1 is 1.26 bits per heavy atom. The molecule has 1 heterocycles. The highest BCUT2D eigenvalue weighted by Crippen LogP contribution is 2.26. The van der Waals surface area contributed by atoms with Crippen LogP contribution in [0.1, 0.15) is 26.6 Å². The molecule has 0 bridgehead atoms. The van der Waals surface area contributed by atoms with Crippen molar-refractivity contribution in [1.29, 1.82) is 0 Å². The number of aromatic nitrogens is 2. The van der Waals surface area contributed by atoms with Crippen LogP contribution in [0.4, 0.5) is 4.39 Å². The first kappa shape index (κ1) is 14.2. The number of H-pyrrole nitrogens is 1. The van der Waals surface area contributed by atoms with Crippen molar-refractivity contribution in [2.45, 2.75) is 26.2 Å². The molecule has 0 amide bonds. The van der Waals surface area contributed by atoms with Crippen molar-refractivity contribution in [2.75, 3.05) is 0 Å². The Kier molecular flexibility index (Phi) is 3.74. The number of nitrogens with zero attached hydrogens (tertiary/aromatic N) is 1. The lowest BCUT2D eigenvalue weighted by Crippen LogP contribution is -2.16. The van der Waals surface area contributed by atoms with E-state index in [1.165, 1.54) is 6.07 Å². The zero-order valence-electron chi connectivity index (χ0n) is 10.9. The molecule has 0 aliphatic rings. The fourth-order valence-corrected chi connectivity index (χ4v) is 2.02. The monoisotopic (exact) mass is 296 g/mol. The van der Waals surface area contributed by atoms with Gasteiger partial charge in [0.15, 0.2) is 0 Å². The zero-order chi connectivity index (χ0) is 14.2. The van der Waals surface area contributed by atoms with Crippen molar-refractivity contribution in [2.24, 2.45) is 0 Å². The fraction of sp³-hybridized carbons (Fsp3) is 0.286. The van der Waals surface area contributed by atoms with Gasteiger partial charge in [0.1, 0.15) is 16.3 Å². The predicted octanol–water partition coefficient (Wildman–Crippen LogP) is 4.90. The highest BCUT2D eigenvalue weighted by molar-refractivity contribution is 7.71. The van der Waals surface area contributed by atoms with Gasteiger partial charge in [0.05, 0.1) is 5.02 Å². The molecule has 1 N–H and O–H groups in total. The molecule has 2 rings (SSSR count). The van der Waals surface area contributed by atoms with Gasteiger partial charge >= 0.3 is 0 Å². The standard InChI is InChI=1S/C14H14ClFN2S/c1-14(2,3)13-17-11(7-12(19)18-13)8-4-5-10(16)9(15)6-8/h4-7H,1-3H3,(H,17,18,19). The van der Waals surface area contributed by atoms with Crippen LogP contribution in [0.5, 0.6) is 0 Å². The number of halogens is 2. The minimum absolute atomic E-state index is 0.0888. The third kappa shape index (κ3) is 3.19. The van der Waals surface area contributed by atoms with Crippen molar-refractivity contribution in [3.63, 3.8) is 0 Å². The lowest BCUT2D eigenvalue weighted by atomic mass is 9.95. The van der Waals surface area contributed by atoms with Gasteiger partial charge in [-0.15, -0.1) is 0 Å². The second kappa shape index (κ2) is 5.02. The van der Waals surface area contributed by atoms with Crippen LogP contribution >= 0.6 is 23.8 Å². The summed E-state index contributed by atoms with van der Waals surface area (Å²) < 4.78 is 13.7. The van der Waals surface area contributed by atoms with E-state index in [0.29, 0.717) is 4.64 Å². The van der Waals surface area contributed by atoms with Crippen LogP contribution in [-0.2, 0) is 5.41 Å². The smallest absolute Gasteiger partial charge is 0.141 e. The van der Waals surface area contributed by atoms with E-state index >= 15 is 0 Å². The van der Waals surface area contributed by atoms with Crippen molar-refractivity contribution < 1.29 is 4.39 Å². The Morgan fingerprint density at radius 2 is 1.95 bits per heavy atom. The molecule has 5 heteroatoms. The molecule has 1 aromatic carbocycles. The van der Waals surface area contributed by atoms with Gasteiger partial charge in [-0.25, -0.2) is 9.37 Å². The van der Waals surface area contributed by atoms with Crippen molar-refractivity contribution in [3.8, 4) is 11.3 Å². The number of hydrogen-bond donors (Lipinski definition) is 1. The number of aromatic amines is 1. The Hall–Kier alpha value is -1.26. The third-order valence-corrected chi connectivity index (χ3v) is 3.18. The second-order valence-corrected chi connectivity index (χ2v) is 6.19. The van der Waals surface area contributed by atoms with E-state index in [4.69, 9.17) is 23.8 Å². The maximum atomic E-state index is 13.2. The van der Waals surface area contributed by atoms with E-state index in [1.54, 1.807) is 18.2 Å². The number of rotatable bonds is 1. The molecule has 100 valence electrons. The maximum Gasteiger partial charge on any atom is 0.141 e. The van der Waals surface area contributed by atoms with Gasteiger partial charge in [0, 0.05) is 11.1 Å². The maximum absolute atomic E-state index is 13.2. The van der Waals surface area contributed by atoms with Gasteiger partial charge in [-0.3, -0.25) is 0 Å². The van der Waals surface area contributed by atoms with Gasteiger partial charge in [-0.05, 0) is 29.8 Å². The van der Waals surface area contributed by atoms with Crippen molar-refractivity contribution in [1.82, 2.24) is 9.97 Å².